The number of nitrogens with zero attached hydrogens (tertiary/aromatic N) is 1. The van der Waals surface area contributed by atoms with E-state index in [2.05, 4.69) is 70.2 Å². The maximum absolute atomic E-state index is 5.48. The van der Waals surface area contributed by atoms with Crippen molar-refractivity contribution in [2.75, 3.05) is 19.3 Å². The van der Waals surface area contributed by atoms with E-state index in [0.717, 1.165) is 38.3 Å². The Balaban J connectivity index is 0.00000232. The fourth-order valence-corrected chi connectivity index (χ4v) is 3.31. The van der Waals surface area contributed by atoms with Crippen molar-refractivity contribution in [3.05, 3.63) is 58.1 Å². The number of benzene rings is 1. The van der Waals surface area contributed by atoms with Gasteiger partial charge in [-0.25, -0.2) is 0 Å². The molecule has 23 heavy (non-hydrogen) atoms. The van der Waals surface area contributed by atoms with E-state index < -0.39 is 0 Å². The number of aliphatic imine (C=N–C) groups is 1. The molecule has 1 rings (SSSR count). The van der Waals surface area contributed by atoms with E-state index in [1.165, 1.54) is 11.1 Å². The van der Waals surface area contributed by atoms with Gasteiger partial charge in [0.2, 0.25) is 0 Å². The van der Waals surface area contributed by atoms with Gasteiger partial charge in [0.25, 0.3) is 0 Å². The molecule has 0 saturated carbocycles. The smallest absolute Gasteiger partial charge is 0.0401 e. The molecule has 0 aliphatic heterocycles. The lowest BCUT2D eigenvalue weighted by molar-refractivity contribution is 0.847. The average molecular weight is 393 g/mol. The highest BCUT2D eigenvalue weighted by atomic mass is 79.9. The number of allylic oxidation sites excluding steroid dienone is 4. The minimum absolute atomic E-state index is 0.704. The number of hydrogen-bond acceptors (Lipinski definition) is 2. The van der Waals surface area contributed by atoms with Crippen molar-refractivity contribution in [2.24, 2.45) is 10.7 Å². The first kappa shape index (κ1) is 21.8. The van der Waals surface area contributed by atoms with Gasteiger partial charge in [-0.05, 0) is 55.5 Å². The monoisotopic (exact) mass is 392 g/mol. The number of hydrogen-bond donors (Lipinski definition) is 1. The molecule has 1 aromatic rings. The molecule has 0 spiro atoms. The molecule has 2 N–H and O–H groups in total. The molecule has 0 radical (unpaired) electrons. The van der Waals surface area contributed by atoms with Crippen LogP contribution in [0.3, 0.4) is 0 Å². The Kier molecular flexibility index (Phi) is 14.9. The van der Waals surface area contributed by atoms with Crippen molar-refractivity contribution in [1.29, 1.82) is 0 Å². The van der Waals surface area contributed by atoms with Gasteiger partial charge in [-0.2, -0.15) is 0 Å². The Morgan fingerprint density at radius 2 is 2.17 bits per heavy atom. The van der Waals surface area contributed by atoms with Crippen LogP contribution in [0, 0.1) is 12.8 Å². The topological polar surface area (TPSA) is 38.4 Å². The zero-order valence-electron chi connectivity index (χ0n) is 13.7. The van der Waals surface area contributed by atoms with Crippen molar-refractivity contribution in [1.82, 2.24) is 0 Å². The fourth-order valence-electron chi connectivity index (χ4n) is 1.73. The van der Waals surface area contributed by atoms with Crippen molar-refractivity contribution in [3.8, 4) is 12.8 Å². The van der Waals surface area contributed by atoms with Crippen molar-refractivity contribution in [2.45, 2.75) is 19.5 Å². The van der Waals surface area contributed by atoms with E-state index in [-0.39, 0.29) is 0 Å². The molecule has 0 heterocycles. The van der Waals surface area contributed by atoms with Gasteiger partial charge < -0.3 is 5.73 Å². The van der Waals surface area contributed by atoms with Gasteiger partial charge in [0.1, 0.15) is 0 Å². The summed E-state index contributed by atoms with van der Waals surface area (Å²) in [5.41, 5.74) is 8.15. The second-order valence-corrected chi connectivity index (χ2v) is 6.80. The summed E-state index contributed by atoms with van der Waals surface area (Å²) >= 11 is 3.52. The molecule has 2 nitrogen and oxygen atoms in total. The lowest BCUT2D eigenvalue weighted by Gasteiger charge is -2.04. The molecule has 0 aliphatic carbocycles. The lowest BCUT2D eigenvalue weighted by Crippen LogP contribution is -2.00. The molecule has 1 atom stereocenters. The molecule has 0 aromatic heterocycles. The zero-order valence-corrected chi connectivity index (χ0v) is 16.3. The molecular formula is C19H26BrN2P. The summed E-state index contributed by atoms with van der Waals surface area (Å²) in [5, 5.41) is 0. The van der Waals surface area contributed by atoms with E-state index in [1.54, 1.807) is 0 Å². The van der Waals surface area contributed by atoms with Gasteiger partial charge in [0.05, 0.1) is 0 Å². The van der Waals surface area contributed by atoms with Gasteiger partial charge in [0.15, 0.2) is 0 Å². The Morgan fingerprint density at radius 1 is 1.39 bits per heavy atom. The SMILES string of the molecule is C#C.C/C=C\C=C(\C=NCCCN)CPCc1cccc(Br)c1. The van der Waals surface area contributed by atoms with E-state index in [9.17, 15) is 0 Å². The summed E-state index contributed by atoms with van der Waals surface area (Å²) in [6, 6.07) is 8.53. The minimum atomic E-state index is 0.704. The van der Waals surface area contributed by atoms with Crippen LogP contribution in [0.2, 0.25) is 0 Å². The van der Waals surface area contributed by atoms with Crippen LogP contribution >= 0.6 is 24.5 Å². The summed E-state index contributed by atoms with van der Waals surface area (Å²) in [5.74, 6) is 0. The van der Waals surface area contributed by atoms with Crippen LogP contribution in [0.1, 0.15) is 18.9 Å². The molecule has 4 heteroatoms. The van der Waals surface area contributed by atoms with Crippen molar-refractivity contribution >= 4 is 30.7 Å². The summed E-state index contributed by atoms with van der Waals surface area (Å²) < 4.78 is 1.15. The van der Waals surface area contributed by atoms with Gasteiger partial charge in [-0.15, -0.1) is 21.4 Å². The summed E-state index contributed by atoms with van der Waals surface area (Å²) in [6.07, 6.45) is 19.4. The average Bonchev–Trinajstić information content (AvgIpc) is 2.58. The maximum atomic E-state index is 5.48. The number of terminal acetylenes is 1. The van der Waals surface area contributed by atoms with Crippen LogP contribution < -0.4 is 5.73 Å². The summed E-state index contributed by atoms with van der Waals surface area (Å²) in [7, 11) is 0.871. The Morgan fingerprint density at radius 3 is 2.83 bits per heavy atom. The first-order valence-corrected chi connectivity index (χ1v) is 9.77. The Bertz CT molecular complexity index is 533. The number of halogens is 1. The maximum Gasteiger partial charge on any atom is 0.0401 e. The molecule has 124 valence electrons. The quantitative estimate of drug-likeness (QED) is 0.211. The Hall–Kier alpha value is -1.20. The van der Waals surface area contributed by atoms with Crippen LogP contribution in [0.25, 0.3) is 0 Å². The van der Waals surface area contributed by atoms with Crippen LogP contribution in [0.15, 0.2) is 57.5 Å². The zero-order chi connectivity index (χ0) is 17.3. The van der Waals surface area contributed by atoms with E-state index in [0.29, 0.717) is 6.54 Å². The van der Waals surface area contributed by atoms with Gasteiger partial charge in [-0.1, -0.05) is 46.3 Å². The predicted molar refractivity (Wildman–Crippen MR) is 111 cm³/mol. The second-order valence-electron chi connectivity index (χ2n) is 4.68. The van der Waals surface area contributed by atoms with E-state index >= 15 is 0 Å². The van der Waals surface area contributed by atoms with E-state index in [1.807, 2.05) is 19.2 Å². The fraction of sp³-hybridized carbons (Fsp3) is 0.316. The first-order valence-electron chi connectivity index (χ1n) is 7.56. The predicted octanol–water partition coefficient (Wildman–Crippen LogP) is 4.80. The molecular weight excluding hydrogens is 367 g/mol. The van der Waals surface area contributed by atoms with Gasteiger partial charge >= 0.3 is 0 Å². The van der Waals surface area contributed by atoms with Crippen LogP contribution in [-0.2, 0) is 6.16 Å². The molecule has 0 fully saturated rings. The van der Waals surface area contributed by atoms with Crippen LogP contribution in [-0.4, -0.2) is 25.5 Å². The molecule has 0 bridgehead atoms. The normalized spacial score (nSPS) is 12.1. The summed E-state index contributed by atoms with van der Waals surface area (Å²) in [4.78, 5) is 4.44. The van der Waals surface area contributed by atoms with E-state index in [4.69, 9.17) is 5.73 Å². The number of rotatable bonds is 9. The molecule has 0 amide bonds. The minimum Gasteiger partial charge on any atom is -0.330 e. The van der Waals surface area contributed by atoms with Crippen molar-refractivity contribution in [3.63, 3.8) is 0 Å². The standard InChI is InChI=1S/C17H24BrN2P.C2H2/c1-2-3-6-16(12-20-10-5-9-19)14-21-13-15-7-4-8-17(18)11-15;1-2/h2-4,6-8,11-12,21H,5,9-10,13-14,19H2,1H3;1-2H/b3-2-,16-6-,20-12?;. The Labute approximate surface area is 151 Å². The molecule has 0 aliphatic rings. The van der Waals surface area contributed by atoms with Crippen LogP contribution in [0.5, 0.6) is 0 Å². The lowest BCUT2D eigenvalue weighted by atomic mass is 10.2. The first-order chi connectivity index (χ1) is 11.3. The highest BCUT2D eigenvalue weighted by Crippen LogP contribution is 2.23. The number of nitrogens with two attached hydrogens (primary N) is 1. The third-order valence-corrected chi connectivity index (χ3v) is 4.61. The largest absolute Gasteiger partial charge is 0.330 e. The highest BCUT2D eigenvalue weighted by molar-refractivity contribution is 9.10. The van der Waals surface area contributed by atoms with Crippen molar-refractivity contribution < 1.29 is 0 Å². The second kappa shape index (κ2) is 15.7. The molecule has 0 saturated heterocycles. The highest BCUT2D eigenvalue weighted by Gasteiger charge is 1.97. The third-order valence-electron chi connectivity index (χ3n) is 2.80. The molecule has 1 unspecified atom stereocenters. The third kappa shape index (κ3) is 12.0. The summed E-state index contributed by atoms with van der Waals surface area (Å²) in [6.45, 7) is 3.55. The van der Waals surface area contributed by atoms with Gasteiger partial charge in [-0.3, -0.25) is 4.99 Å². The van der Waals surface area contributed by atoms with Crippen LogP contribution in [0.4, 0.5) is 0 Å². The van der Waals surface area contributed by atoms with Gasteiger partial charge in [0, 0.05) is 17.2 Å². The molecule has 1 aromatic carbocycles.